The maximum atomic E-state index is 6.13. The van der Waals surface area contributed by atoms with Gasteiger partial charge in [0.2, 0.25) is 5.95 Å². The predicted octanol–water partition coefficient (Wildman–Crippen LogP) is 4.54. The third-order valence-electron chi connectivity index (χ3n) is 6.25. The van der Waals surface area contributed by atoms with Gasteiger partial charge in [0.15, 0.2) is 5.82 Å². The lowest BCUT2D eigenvalue weighted by Crippen LogP contribution is -2.31. The van der Waals surface area contributed by atoms with Gasteiger partial charge in [-0.05, 0) is 62.1 Å². The zero-order valence-electron chi connectivity index (χ0n) is 19.6. The second kappa shape index (κ2) is 8.79. The molecular weight excluding hydrogens is 442 g/mol. The summed E-state index contributed by atoms with van der Waals surface area (Å²) < 4.78 is 7.87. The van der Waals surface area contributed by atoms with Crippen molar-refractivity contribution in [2.24, 2.45) is 7.05 Å². The molecule has 35 heavy (non-hydrogen) atoms. The highest BCUT2D eigenvalue weighted by Gasteiger charge is 2.16. The van der Waals surface area contributed by atoms with Gasteiger partial charge in [0.05, 0.1) is 11.7 Å². The van der Waals surface area contributed by atoms with Crippen molar-refractivity contribution in [3.05, 3.63) is 54.5 Å². The van der Waals surface area contributed by atoms with Crippen molar-refractivity contribution in [2.45, 2.75) is 26.2 Å². The Morgan fingerprint density at radius 1 is 0.943 bits per heavy atom. The van der Waals surface area contributed by atoms with Gasteiger partial charge in [-0.1, -0.05) is 5.21 Å². The largest absolute Gasteiger partial charge is 0.457 e. The molecule has 4 heterocycles. The number of benzene rings is 2. The van der Waals surface area contributed by atoms with E-state index >= 15 is 0 Å². The number of anilines is 3. The highest BCUT2D eigenvalue weighted by Crippen LogP contribution is 2.31. The van der Waals surface area contributed by atoms with Crippen LogP contribution in [0.3, 0.4) is 0 Å². The van der Waals surface area contributed by atoms with Crippen molar-refractivity contribution >= 4 is 39.5 Å². The molecule has 0 amide bonds. The van der Waals surface area contributed by atoms with E-state index in [1.165, 1.54) is 12.7 Å². The predicted molar refractivity (Wildman–Crippen MR) is 134 cm³/mol. The van der Waals surface area contributed by atoms with Crippen LogP contribution in [-0.2, 0) is 7.05 Å². The van der Waals surface area contributed by atoms with Crippen LogP contribution in [0.1, 0.15) is 24.8 Å². The normalized spacial score (nSPS) is 13.9. The number of fused-ring (bicyclic) bond motifs is 2. The van der Waals surface area contributed by atoms with Gasteiger partial charge in [0.1, 0.15) is 34.4 Å². The van der Waals surface area contributed by atoms with Gasteiger partial charge in [-0.2, -0.15) is 0 Å². The van der Waals surface area contributed by atoms with Gasteiger partial charge >= 0.3 is 0 Å². The molecule has 10 nitrogen and oxygen atoms in total. The number of rotatable bonds is 5. The maximum absolute atomic E-state index is 6.13. The van der Waals surface area contributed by atoms with Crippen LogP contribution in [0.4, 0.5) is 17.5 Å². The van der Waals surface area contributed by atoms with Crippen LogP contribution in [0.25, 0.3) is 22.1 Å². The van der Waals surface area contributed by atoms with Crippen LogP contribution in [0.5, 0.6) is 11.5 Å². The summed E-state index contributed by atoms with van der Waals surface area (Å²) in [5.74, 6) is 2.86. The summed E-state index contributed by atoms with van der Waals surface area (Å²) in [4.78, 5) is 20.4. The van der Waals surface area contributed by atoms with Crippen LogP contribution >= 0.6 is 0 Å². The fraction of sp³-hybridized carbons (Fsp3) is 0.280. The Morgan fingerprint density at radius 2 is 1.83 bits per heavy atom. The molecule has 1 N–H and O–H groups in total. The summed E-state index contributed by atoms with van der Waals surface area (Å²) in [5, 5.41) is 11.6. The quantitative estimate of drug-likeness (QED) is 0.399. The van der Waals surface area contributed by atoms with Crippen LogP contribution in [-0.4, -0.2) is 48.0 Å². The van der Waals surface area contributed by atoms with E-state index in [2.05, 4.69) is 35.5 Å². The van der Waals surface area contributed by atoms with Crippen molar-refractivity contribution in [2.75, 3.05) is 23.3 Å². The third-order valence-corrected chi connectivity index (χ3v) is 6.25. The number of nitrogens with zero attached hydrogens (tertiary/aromatic N) is 8. The van der Waals surface area contributed by atoms with Crippen LogP contribution < -0.4 is 15.0 Å². The Balaban J connectivity index is 1.25. The fourth-order valence-corrected chi connectivity index (χ4v) is 4.37. The molecule has 3 aromatic heterocycles. The molecule has 1 aliphatic heterocycles. The van der Waals surface area contributed by atoms with Gasteiger partial charge in [-0.15, -0.1) is 5.10 Å². The van der Waals surface area contributed by atoms with Crippen molar-refractivity contribution in [3.63, 3.8) is 0 Å². The van der Waals surface area contributed by atoms with E-state index in [-0.39, 0.29) is 0 Å². The molecule has 1 fully saturated rings. The van der Waals surface area contributed by atoms with E-state index in [1.807, 2.05) is 50.4 Å². The average molecular weight is 468 g/mol. The SMILES string of the molecule is Cc1cc(Nc2ncnc3cnc(N4CCCCC4)nc23)ccc1Oc1ccc2c(c1)nnn2C. The summed E-state index contributed by atoms with van der Waals surface area (Å²) in [6, 6.07) is 11.7. The summed E-state index contributed by atoms with van der Waals surface area (Å²) in [6.07, 6.45) is 6.89. The molecule has 0 atom stereocenters. The average Bonchev–Trinajstić information content (AvgIpc) is 3.26. The van der Waals surface area contributed by atoms with Crippen LogP contribution in [0.2, 0.25) is 0 Å². The van der Waals surface area contributed by atoms with E-state index in [4.69, 9.17) is 9.72 Å². The Bertz CT molecular complexity index is 1520. The minimum atomic E-state index is 0.650. The van der Waals surface area contributed by atoms with Crippen molar-refractivity contribution < 1.29 is 4.74 Å². The Labute approximate surface area is 202 Å². The highest BCUT2D eigenvalue weighted by atomic mass is 16.5. The number of ether oxygens (including phenoxy) is 1. The second-order valence-electron chi connectivity index (χ2n) is 8.74. The standard InChI is InChI=1S/C25H25N9O/c1-16-12-17(6-9-22(16)35-18-7-8-21-19(13-18)31-32-33(21)2)29-24-23-20(27-15-28-24)14-26-25(30-23)34-10-4-3-5-11-34/h6-9,12-15H,3-5,10-11H2,1-2H3,(H,27,28,29). The molecule has 0 aliphatic carbocycles. The molecule has 0 radical (unpaired) electrons. The van der Waals surface area contributed by atoms with E-state index in [0.717, 1.165) is 59.9 Å². The second-order valence-corrected chi connectivity index (χ2v) is 8.74. The van der Waals surface area contributed by atoms with E-state index in [9.17, 15) is 0 Å². The first-order valence-electron chi connectivity index (χ1n) is 11.7. The molecule has 0 unspecified atom stereocenters. The lowest BCUT2D eigenvalue weighted by Gasteiger charge is -2.26. The molecule has 176 valence electrons. The van der Waals surface area contributed by atoms with Gasteiger partial charge in [-0.3, -0.25) is 0 Å². The number of aryl methyl sites for hydroxylation is 2. The number of piperidine rings is 1. The molecule has 1 saturated heterocycles. The minimum Gasteiger partial charge on any atom is -0.457 e. The Kier molecular flexibility index (Phi) is 5.32. The molecular formula is C25H25N9O. The fourth-order valence-electron chi connectivity index (χ4n) is 4.37. The lowest BCUT2D eigenvalue weighted by atomic mass is 10.1. The molecule has 10 heteroatoms. The van der Waals surface area contributed by atoms with Crippen molar-refractivity contribution in [1.82, 2.24) is 34.9 Å². The topological polar surface area (TPSA) is 107 Å². The highest BCUT2D eigenvalue weighted by molar-refractivity contribution is 5.87. The summed E-state index contributed by atoms with van der Waals surface area (Å²) in [6.45, 7) is 3.97. The first-order chi connectivity index (χ1) is 17.1. The number of hydrogen-bond donors (Lipinski definition) is 1. The van der Waals surface area contributed by atoms with Gasteiger partial charge in [0.25, 0.3) is 0 Å². The molecule has 0 bridgehead atoms. The summed E-state index contributed by atoms with van der Waals surface area (Å²) in [5.41, 5.74) is 5.03. The van der Waals surface area contributed by atoms with Crippen LogP contribution in [0, 0.1) is 6.92 Å². The minimum absolute atomic E-state index is 0.650. The number of aromatic nitrogens is 7. The smallest absolute Gasteiger partial charge is 0.226 e. The maximum Gasteiger partial charge on any atom is 0.226 e. The van der Waals surface area contributed by atoms with E-state index < -0.39 is 0 Å². The first-order valence-corrected chi connectivity index (χ1v) is 11.7. The monoisotopic (exact) mass is 467 g/mol. The Hall–Kier alpha value is -4.34. The molecule has 5 aromatic rings. The van der Waals surface area contributed by atoms with E-state index in [1.54, 1.807) is 10.9 Å². The van der Waals surface area contributed by atoms with Crippen molar-refractivity contribution in [1.29, 1.82) is 0 Å². The zero-order chi connectivity index (χ0) is 23.8. The van der Waals surface area contributed by atoms with Gasteiger partial charge < -0.3 is 15.0 Å². The molecule has 0 saturated carbocycles. The van der Waals surface area contributed by atoms with Crippen LogP contribution in [0.15, 0.2) is 48.9 Å². The van der Waals surface area contributed by atoms with E-state index in [0.29, 0.717) is 22.6 Å². The Morgan fingerprint density at radius 3 is 2.69 bits per heavy atom. The summed E-state index contributed by atoms with van der Waals surface area (Å²) >= 11 is 0. The van der Waals surface area contributed by atoms with Gasteiger partial charge in [-0.25, -0.2) is 24.6 Å². The first kappa shape index (κ1) is 21.2. The van der Waals surface area contributed by atoms with Gasteiger partial charge in [0, 0.05) is 31.9 Å². The third kappa shape index (κ3) is 4.18. The number of hydrogen-bond acceptors (Lipinski definition) is 9. The molecule has 6 rings (SSSR count). The lowest BCUT2D eigenvalue weighted by molar-refractivity contribution is 0.479. The molecule has 1 aliphatic rings. The number of nitrogens with one attached hydrogen (secondary N) is 1. The molecule has 0 spiro atoms. The molecule has 2 aromatic carbocycles. The van der Waals surface area contributed by atoms with Crippen molar-refractivity contribution in [3.8, 4) is 11.5 Å². The zero-order valence-corrected chi connectivity index (χ0v) is 19.6. The summed E-state index contributed by atoms with van der Waals surface area (Å²) in [7, 11) is 1.87.